The number of aromatic carboxylic acids is 2. The predicted molar refractivity (Wildman–Crippen MR) is 158 cm³/mol. The first-order chi connectivity index (χ1) is 18.9. The van der Waals surface area contributed by atoms with Crippen molar-refractivity contribution in [2.24, 2.45) is 0 Å². The molecule has 0 spiro atoms. The second kappa shape index (κ2) is 17.8. The molecule has 1 aliphatic rings. The topological polar surface area (TPSA) is 148 Å². The Kier molecular flexibility index (Phi) is 16.1. The van der Waals surface area contributed by atoms with Gasteiger partial charge in [0.25, 0.3) is 0 Å². The number of carboxylic acid groups (broad SMARTS) is 2. The molecule has 2 aromatic rings. The van der Waals surface area contributed by atoms with Crippen LogP contribution in [0.2, 0.25) is 10.0 Å². The van der Waals surface area contributed by atoms with E-state index < -0.39 is 17.5 Å². The lowest BCUT2D eigenvalue weighted by molar-refractivity contribution is -0.176. The van der Waals surface area contributed by atoms with Gasteiger partial charge >= 0.3 is 18.0 Å². The van der Waals surface area contributed by atoms with Gasteiger partial charge in [-0.3, -0.25) is 10.5 Å². The molecule has 0 atom stereocenters. The summed E-state index contributed by atoms with van der Waals surface area (Å²) in [6.07, 6.45) is 1.51. The average molecular weight is 658 g/mol. The molecule has 1 heterocycles. The highest BCUT2D eigenvalue weighted by Crippen LogP contribution is 2.32. The van der Waals surface area contributed by atoms with Gasteiger partial charge in [0.1, 0.15) is 5.60 Å². The highest BCUT2D eigenvalue weighted by molar-refractivity contribution is 8.21. The number of ether oxygens (including phenoxy) is 1. The number of rotatable bonds is 8. The molecule has 10 nitrogen and oxygen atoms in total. The van der Waals surface area contributed by atoms with Crippen LogP contribution >= 0.6 is 56.8 Å². The van der Waals surface area contributed by atoms with Gasteiger partial charge in [-0.25, -0.2) is 18.7 Å². The van der Waals surface area contributed by atoms with Crippen molar-refractivity contribution >= 4 is 74.8 Å². The minimum Gasteiger partial charge on any atom is -0.478 e. The molecular weight excluding hydrogens is 627 g/mol. The fraction of sp³-hybridized carbons (Fsp3) is 0.400. The third kappa shape index (κ3) is 11.9. The number of hydrogen-bond donors (Lipinski definition) is 4. The number of carbonyl (C=O) groups excluding carboxylic acids is 1. The number of nitrogens with zero attached hydrogens (tertiary/aromatic N) is 2. The van der Waals surface area contributed by atoms with E-state index in [1.54, 1.807) is 17.0 Å². The summed E-state index contributed by atoms with van der Waals surface area (Å²) >= 11 is 13.3. The molecule has 0 aromatic heterocycles. The van der Waals surface area contributed by atoms with Gasteiger partial charge in [0.2, 0.25) is 0 Å². The van der Waals surface area contributed by atoms with E-state index in [2.05, 4.69) is 11.2 Å². The molecule has 15 heteroatoms. The molecule has 0 radical (unpaired) electrons. The maximum atomic E-state index is 12.3. The number of piperazine rings is 1. The van der Waals surface area contributed by atoms with Gasteiger partial charge in [-0.1, -0.05) is 36.5 Å². The molecule has 4 N–H and O–H groups in total. The first-order valence-corrected chi connectivity index (χ1v) is 15.0. The normalized spacial score (nSPS) is 13.3. The summed E-state index contributed by atoms with van der Waals surface area (Å²) in [5, 5.41) is 30.7. The van der Waals surface area contributed by atoms with Crippen molar-refractivity contribution < 1.29 is 39.8 Å². The summed E-state index contributed by atoms with van der Waals surface area (Å²) < 4.78 is 7.68. The van der Waals surface area contributed by atoms with Crippen LogP contribution in [0.4, 0.5) is 4.79 Å². The Balaban J connectivity index is 0.000000477. The van der Waals surface area contributed by atoms with Crippen LogP contribution in [0.15, 0.2) is 46.2 Å². The van der Waals surface area contributed by atoms with Crippen molar-refractivity contribution in [1.82, 2.24) is 9.21 Å². The molecule has 40 heavy (non-hydrogen) atoms. The third-order valence-corrected chi connectivity index (χ3v) is 8.42. The molecule has 222 valence electrons. The average Bonchev–Trinajstić information content (AvgIpc) is 2.91. The van der Waals surface area contributed by atoms with Crippen molar-refractivity contribution in [2.75, 3.05) is 26.2 Å². The van der Waals surface area contributed by atoms with Crippen LogP contribution in [0.5, 0.6) is 0 Å². The molecule has 1 saturated heterocycles. The summed E-state index contributed by atoms with van der Waals surface area (Å²) in [6, 6.07) is 9.03. The molecule has 3 rings (SSSR count). The molecule has 2 aromatic carbocycles. The van der Waals surface area contributed by atoms with Crippen molar-refractivity contribution in [1.29, 1.82) is 0 Å². The Morgan fingerprint density at radius 1 is 0.900 bits per heavy atom. The lowest BCUT2D eigenvalue weighted by atomic mass is 10.0. The zero-order valence-electron chi connectivity index (χ0n) is 22.0. The predicted octanol–water partition coefficient (Wildman–Crippen LogP) is 7.68. The van der Waals surface area contributed by atoms with E-state index in [1.807, 2.05) is 13.8 Å². The Labute approximate surface area is 255 Å². The van der Waals surface area contributed by atoms with Gasteiger partial charge < -0.3 is 19.8 Å². The Hall–Kier alpha value is -1.90. The summed E-state index contributed by atoms with van der Waals surface area (Å²) in [6.45, 7) is 8.35. The summed E-state index contributed by atoms with van der Waals surface area (Å²) in [5.41, 5.74) is -0.0671. The minimum atomic E-state index is -0.987. The van der Waals surface area contributed by atoms with Gasteiger partial charge in [0.05, 0.1) is 21.2 Å². The monoisotopic (exact) mass is 656 g/mol. The van der Waals surface area contributed by atoms with Crippen LogP contribution in [-0.4, -0.2) is 79.7 Å². The lowest BCUT2D eigenvalue weighted by Crippen LogP contribution is -2.48. The molecular formula is C25H31Cl3N2O8S2. The first kappa shape index (κ1) is 36.1. The highest BCUT2D eigenvalue weighted by Gasteiger charge is 2.28. The van der Waals surface area contributed by atoms with Crippen LogP contribution in [-0.2, 0) is 4.74 Å². The number of carbonyl (C=O) groups is 3. The first-order valence-electron chi connectivity index (χ1n) is 11.8. The summed E-state index contributed by atoms with van der Waals surface area (Å²) in [7, 11) is 6.35. The van der Waals surface area contributed by atoms with E-state index in [1.165, 1.54) is 36.2 Å². The number of hydrogen-bond acceptors (Lipinski definition) is 9. The van der Waals surface area contributed by atoms with E-state index in [0.29, 0.717) is 46.0 Å². The molecule has 0 saturated carbocycles. The Morgan fingerprint density at radius 2 is 1.38 bits per heavy atom. The van der Waals surface area contributed by atoms with Crippen LogP contribution in [0, 0.1) is 0 Å². The van der Waals surface area contributed by atoms with Crippen LogP contribution in [0.25, 0.3) is 0 Å². The van der Waals surface area contributed by atoms with E-state index in [9.17, 15) is 14.4 Å². The van der Waals surface area contributed by atoms with Gasteiger partial charge in [-0.2, -0.15) is 0 Å². The van der Waals surface area contributed by atoms with Crippen LogP contribution in [0.1, 0.15) is 54.3 Å². The molecule has 0 aliphatic carbocycles. The standard InChI is InChI=1S/C18H25ClN2O4S.C7H4Cl2O2S.H2O2/c1-4-7-18(2,3)25-17(24)20-8-10-21(11-9-20)26-15-12-13(16(22)23)5-6-14(15)19;8-5-2-1-4(7(10)11)3-6(5)12-9;1-2/h5-6,12H,4,7-11H2,1-3H3,(H,22,23);1-3H,(H,10,11);1-2H. The number of amides is 1. The maximum Gasteiger partial charge on any atom is 0.410 e. The van der Waals surface area contributed by atoms with E-state index >= 15 is 0 Å². The smallest absolute Gasteiger partial charge is 0.410 e. The number of benzene rings is 2. The molecule has 1 fully saturated rings. The number of carboxylic acids is 2. The largest absolute Gasteiger partial charge is 0.478 e. The van der Waals surface area contributed by atoms with Gasteiger partial charge in [-0.15, -0.1) is 0 Å². The second-order valence-corrected chi connectivity index (χ2v) is 11.9. The van der Waals surface area contributed by atoms with Crippen molar-refractivity contribution in [3.05, 3.63) is 57.6 Å². The van der Waals surface area contributed by atoms with Crippen molar-refractivity contribution in [2.45, 2.75) is 49.0 Å². The molecule has 0 bridgehead atoms. The number of halogens is 3. The molecule has 0 unspecified atom stereocenters. The van der Waals surface area contributed by atoms with E-state index in [4.69, 9.17) is 59.3 Å². The molecule has 1 aliphatic heterocycles. The van der Waals surface area contributed by atoms with Gasteiger partial charge in [-0.05, 0) is 90.3 Å². The second-order valence-electron chi connectivity index (χ2n) is 8.86. The van der Waals surface area contributed by atoms with E-state index in [0.717, 1.165) is 23.8 Å². The lowest BCUT2D eigenvalue weighted by Gasteiger charge is -2.35. The highest BCUT2D eigenvalue weighted by atomic mass is 35.7. The Morgan fingerprint density at radius 3 is 1.82 bits per heavy atom. The summed E-state index contributed by atoms with van der Waals surface area (Å²) in [5.74, 6) is -1.97. The van der Waals surface area contributed by atoms with Crippen LogP contribution in [0.3, 0.4) is 0 Å². The maximum absolute atomic E-state index is 12.3. The van der Waals surface area contributed by atoms with Crippen molar-refractivity contribution in [3.8, 4) is 0 Å². The zero-order chi connectivity index (χ0) is 30.5. The van der Waals surface area contributed by atoms with E-state index in [-0.39, 0.29) is 17.2 Å². The van der Waals surface area contributed by atoms with Crippen LogP contribution < -0.4 is 0 Å². The Bertz CT molecular complexity index is 1150. The fourth-order valence-electron chi connectivity index (χ4n) is 3.46. The third-order valence-electron chi connectivity index (χ3n) is 5.38. The quantitative estimate of drug-likeness (QED) is 0.126. The SMILES string of the molecule is CCCC(C)(C)OC(=O)N1CCN(Sc2cc(C(=O)O)ccc2Cl)CC1.O=C(O)c1ccc(Cl)c(SCl)c1.OO. The zero-order valence-corrected chi connectivity index (χ0v) is 25.9. The van der Waals surface area contributed by atoms with Gasteiger partial charge in [0, 0.05) is 36.0 Å². The molecule has 1 amide bonds. The minimum absolute atomic E-state index is 0.183. The van der Waals surface area contributed by atoms with Crippen molar-refractivity contribution in [3.63, 3.8) is 0 Å². The summed E-state index contributed by atoms with van der Waals surface area (Å²) in [4.78, 5) is 36.9. The fourth-order valence-corrected chi connectivity index (χ4v) is 5.68. The van der Waals surface area contributed by atoms with Gasteiger partial charge in [0.15, 0.2) is 0 Å².